The van der Waals surface area contributed by atoms with E-state index < -0.39 is 5.97 Å². The van der Waals surface area contributed by atoms with Crippen LogP contribution in [0.15, 0.2) is 60.7 Å². The lowest BCUT2D eigenvalue weighted by Crippen LogP contribution is -2.19. The summed E-state index contributed by atoms with van der Waals surface area (Å²) in [4.78, 5) is 48.4. The Morgan fingerprint density at radius 2 is 1.10 bits per heavy atom. The Hall–Kier alpha value is -3.28. The zero-order valence-corrected chi connectivity index (χ0v) is 24.6. The van der Waals surface area contributed by atoms with Crippen molar-refractivity contribution < 1.29 is 29.0 Å². The van der Waals surface area contributed by atoms with Crippen molar-refractivity contribution in [1.82, 2.24) is 0 Å². The molecular formula is C34H46O6. The van der Waals surface area contributed by atoms with Gasteiger partial charge >= 0.3 is 11.9 Å². The van der Waals surface area contributed by atoms with Crippen molar-refractivity contribution >= 4 is 23.5 Å². The molecule has 0 bridgehead atoms. The van der Waals surface area contributed by atoms with Crippen LogP contribution in [0.3, 0.4) is 0 Å². The Labute approximate surface area is 239 Å². The predicted molar refractivity (Wildman–Crippen MR) is 157 cm³/mol. The van der Waals surface area contributed by atoms with Crippen molar-refractivity contribution in [2.75, 3.05) is 0 Å². The van der Waals surface area contributed by atoms with Gasteiger partial charge in [0.15, 0.2) is 0 Å². The Balaban J connectivity index is 1.74. The molecule has 218 valence electrons. The van der Waals surface area contributed by atoms with Crippen molar-refractivity contribution in [3.8, 4) is 0 Å². The number of aliphatic carboxylic acids is 1. The molecule has 1 N–H and O–H groups in total. The molecule has 0 aromatic heterocycles. The maximum Gasteiger partial charge on any atom is 0.306 e. The second-order valence-electron chi connectivity index (χ2n) is 12.4. The summed E-state index contributed by atoms with van der Waals surface area (Å²) in [5.74, 6) is -0.978. The fourth-order valence-corrected chi connectivity index (χ4v) is 4.56. The molecule has 0 aliphatic heterocycles. The molecule has 0 aliphatic carbocycles. The minimum Gasteiger partial charge on any atom is -0.481 e. The number of hydrogen-bond acceptors (Lipinski definition) is 5. The van der Waals surface area contributed by atoms with Crippen molar-refractivity contribution in [2.24, 2.45) is 10.8 Å². The Morgan fingerprint density at radius 1 is 0.650 bits per heavy atom. The van der Waals surface area contributed by atoms with Gasteiger partial charge in [0.05, 0.1) is 0 Å². The normalized spacial score (nSPS) is 12.5. The number of carbonyl (C=O) groups excluding carboxylic acids is 3. The molecular weight excluding hydrogens is 504 g/mol. The van der Waals surface area contributed by atoms with Gasteiger partial charge in [0.1, 0.15) is 17.7 Å². The average Bonchev–Trinajstić information content (AvgIpc) is 2.92. The minimum atomic E-state index is -0.829. The molecule has 1 unspecified atom stereocenters. The van der Waals surface area contributed by atoms with Gasteiger partial charge < -0.3 is 9.84 Å². The summed E-state index contributed by atoms with van der Waals surface area (Å²) in [6.07, 6.45) is 4.19. The summed E-state index contributed by atoms with van der Waals surface area (Å²) in [6.45, 7) is 8.04. The fourth-order valence-electron chi connectivity index (χ4n) is 4.56. The van der Waals surface area contributed by atoms with E-state index in [-0.39, 0.29) is 60.2 Å². The number of rotatable bonds is 19. The first-order chi connectivity index (χ1) is 18.8. The molecule has 1 atom stereocenters. The van der Waals surface area contributed by atoms with E-state index in [0.717, 1.165) is 11.1 Å². The van der Waals surface area contributed by atoms with E-state index in [2.05, 4.69) is 13.8 Å². The zero-order chi connectivity index (χ0) is 29.6. The van der Waals surface area contributed by atoms with Gasteiger partial charge in [-0.25, -0.2) is 0 Å². The third kappa shape index (κ3) is 13.7. The maximum absolute atomic E-state index is 12.8. The number of benzene rings is 2. The average molecular weight is 551 g/mol. The second kappa shape index (κ2) is 16.1. The molecule has 2 rings (SSSR count). The van der Waals surface area contributed by atoms with Crippen LogP contribution in [0.1, 0.15) is 109 Å². The highest BCUT2D eigenvalue weighted by Gasteiger charge is 2.24. The smallest absolute Gasteiger partial charge is 0.306 e. The highest BCUT2D eigenvalue weighted by molar-refractivity contribution is 5.86. The summed E-state index contributed by atoms with van der Waals surface area (Å²) in [6, 6.07) is 19.7. The lowest BCUT2D eigenvalue weighted by Gasteiger charge is -2.25. The molecule has 0 saturated carbocycles. The zero-order valence-electron chi connectivity index (χ0n) is 24.6. The van der Waals surface area contributed by atoms with E-state index in [4.69, 9.17) is 9.84 Å². The summed E-state index contributed by atoms with van der Waals surface area (Å²) < 4.78 is 5.93. The quantitative estimate of drug-likeness (QED) is 0.180. The van der Waals surface area contributed by atoms with E-state index in [1.54, 1.807) is 0 Å². The van der Waals surface area contributed by atoms with Crippen molar-refractivity contribution in [1.29, 1.82) is 0 Å². The fraction of sp³-hybridized carbons (Fsp3) is 0.529. The molecule has 40 heavy (non-hydrogen) atoms. The summed E-state index contributed by atoms with van der Waals surface area (Å²) >= 11 is 0. The molecule has 0 spiro atoms. The number of esters is 1. The Morgan fingerprint density at radius 3 is 1.60 bits per heavy atom. The van der Waals surface area contributed by atoms with Crippen LogP contribution in [0.25, 0.3) is 0 Å². The maximum atomic E-state index is 12.8. The van der Waals surface area contributed by atoms with E-state index in [9.17, 15) is 19.2 Å². The first kappa shape index (κ1) is 32.9. The summed E-state index contributed by atoms with van der Waals surface area (Å²) in [5.41, 5.74) is 1.63. The van der Waals surface area contributed by atoms with Crippen LogP contribution in [0.2, 0.25) is 0 Å². The molecule has 0 radical (unpaired) electrons. The topological polar surface area (TPSA) is 97.7 Å². The highest BCUT2D eigenvalue weighted by atomic mass is 16.5. The number of ketones is 2. The van der Waals surface area contributed by atoms with E-state index in [1.807, 2.05) is 74.5 Å². The number of hydrogen-bond donors (Lipinski definition) is 1. The standard InChI is InChI=1S/C34H46O6/c1-33(2,23-19-31(37)38)21-17-28(35)15-16-29(36)18-22-34(3,4)24-20-32(39)40-30(27-13-9-6-10-14-27)25-26-11-7-5-8-12-26/h5-14,30H,15-25H2,1-4H3,(H,37,38). The third-order valence-corrected chi connectivity index (χ3v) is 7.57. The molecule has 2 aromatic rings. The number of carbonyl (C=O) groups is 4. The van der Waals surface area contributed by atoms with Gasteiger partial charge in [-0.05, 0) is 47.6 Å². The van der Waals surface area contributed by atoms with Gasteiger partial charge in [-0.3, -0.25) is 19.2 Å². The molecule has 0 fully saturated rings. The molecule has 2 aromatic carbocycles. The summed E-state index contributed by atoms with van der Waals surface area (Å²) in [7, 11) is 0. The van der Waals surface area contributed by atoms with Crippen LogP contribution >= 0.6 is 0 Å². The van der Waals surface area contributed by atoms with Crippen LogP contribution in [0, 0.1) is 10.8 Å². The number of ether oxygens (including phenoxy) is 1. The van der Waals surface area contributed by atoms with E-state index >= 15 is 0 Å². The van der Waals surface area contributed by atoms with Gasteiger partial charge in [-0.15, -0.1) is 0 Å². The van der Waals surface area contributed by atoms with Crippen molar-refractivity contribution in [3.63, 3.8) is 0 Å². The van der Waals surface area contributed by atoms with Crippen LogP contribution in [-0.4, -0.2) is 28.6 Å². The lowest BCUT2D eigenvalue weighted by molar-refractivity contribution is -0.150. The summed E-state index contributed by atoms with van der Waals surface area (Å²) in [5, 5.41) is 8.87. The van der Waals surface area contributed by atoms with Crippen LogP contribution in [-0.2, 0) is 30.3 Å². The van der Waals surface area contributed by atoms with Crippen LogP contribution in [0.4, 0.5) is 0 Å². The SMILES string of the molecule is CC(C)(CCC(=O)O)CCC(=O)CCC(=O)CCC(C)(C)CCC(=O)OC(Cc1ccccc1)c1ccccc1. The van der Waals surface area contributed by atoms with Gasteiger partial charge in [0.2, 0.25) is 0 Å². The largest absolute Gasteiger partial charge is 0.481 e. The second-order valence-corrected chi connectivity index (χ2v) is 12.4. The molecule has 6 nitrogen and oxygen atoms in total. The van der Waals surface area contributed by atoms with E-state index in [0.29, 0.717) is 44.9 Å². The molecule has 0 saturated heterocycles. The number of carboxylic acids is 1. The first-order valence-electron chi connectivity index (χ1n) is 14.4. The third-order valence-electron chi connectivity index (χ3n) is 7.57. The molecule has 0 amide bonds. The van der Waals surface area contributed by atoms with Crippen molar-refractivity contribution in [2.45, 2.75) is 104 Å². The van der Waals surface area contributed by atoms with Gasteiger partial charge in [-0.1, -0.05) is 88.4 Å². The van der Waals surface area contributed by atoms with E-state index in [1.165, 1.54) is 0 Å². The Bertz CT molecular complexity index is 1090. The first-order valence-corrected chi connectivity index (χ1v) is 14.4. The van der Waals surface area contributed by atoms with Crippen LogP contribution < -0.4 is 0 Å². The predicted octanol–water partition coefficient (Wildman–Crippen LogP) is 7.69. The highest BCUT2D eigenvalue weighted by Crippen LogP contribution is 2.31. The van der Waals surface area contributed by atoms with Gasteiger partial charge in [-0.2, -0.15) is 0 Å². The van der Waals surface area contributed by atoms with Crippen LogP contribution in [0.5, 0.6) is 0 Å². The van der Waals surface area contributed by atoms with Crippen molar-refractivity contribution in [3.05, 3.63) is 71.8 Å². The molecule has 0 aliphatic rings. The monoisotopic (exact) mass is 550 g/mol. The lowest BCUT2D eigenvalue weighted by atomic mass is 9.81. The number of carboxylic acid groups (broad SMARTS) is 1. The van der Waals surface area contributed by atoms with Gasteiger partial charge in [0, 0.05) is 44.9 Å². The van der Waals surface area contributed by atoms with Gasteiger partial charge in [0.25, 0.3) is 0 Å². The molecule has 6 heteroatoms. The minimum absolute atomic E-state index is 0.0437. The number of Topliss-reactive ketones (excluding diaryl/α,β-unsaturated/α-hetero) is 2. The Kier molecular flexibility index (Phi) is 13.3. The molecule has 0 heterocycles.